The molecular weight excluding hydrogens is 757 g/mol. The highest BCUT2D eigenvalue weighted by atomic mass is 32.2. The molecule has 3 aromatic heterocycles. The van der Waals surface area contributed by atoms with E-state index in [0.29, 0.717) is 54.7 Å². The molecule has 0 spiro atoms. The highest BCUT2D eigenvalue weighted by molar-refractivity contribution is 7.89. The number of aliphatic hydroxyl groups excluding tert-OH is 3. The number of urea groups is 1. The zero-order chi connectivity index (χ0) is 39.7. The van der Waals surface area contributed by atoms with Crippen LogP contribution in [0.5, 0.6) is 0 Å². The van der Waals surface area contributed by atoms with Crippen LogP contribution in [-0.2, 0) is 21.4 Å². The van der Waals surface area contributed by atoms with E-state index < -0.39 is 40.6 Å². The second-order valence-electron chi connectivity index (χ2n) is 13.9. The molecule has 0 radical (unpaired) electrons. The van der Waals surface area contributed by atoms with Gasteiger partial charge < -0.3 is 45.4 Å². The van der Waals surface area contributed by atoms with Crippen LogP contribution in [0.4, 0.5) is 22.2 Å². The Morgan fingerprint density at radius 1 is 0.965 bits per heavy atom. The van der Waals surface area contributed by atoms with Crippen molar-refractivity contribution in [3.63, 3.8) is 0 Å². The van der Waals surface area contributed by atoms with Gasteiger partial charge in [0, 0.05) is 43.3 Å². The number of nitrogens with zero attached hydrogens (tertiary/aromatic N) is 6. The van der Waals surface area contributed by atoms with Gasteiger partial charge in [0.15, 0.2) is 29.0 Å². The number of anilines is 3. The lowest BCUT2D eigenvalue weighted by Gasteiger charge is -2.22. The highest BCUT2D eigenvalue weighted by Crippen LogP contribution is 2.41. The van der Waals surface area contributed by atoms with Crippen LogP contribution >= 0.6 is 0 Å². The SMILES string of the molecule is NS(=O)(=O)c1ccc(NC(=O)NC2CCN(c3nc(NCC(c4ccccc4)c4ccccc4)c4ncn([C@@H]5O[C@H](c6cc(CO)no6)[C@@H](O)[C@H]5O)c4n3)C2)cc1. The van der Waals surface area contributed by atoms with Gasteiger partial charge in [-0.3, -0.25) is 4.57 Å². The third-order valence-electron chi connectivity index (χ3n) is 10.1. The molecule has 57 heavy (non-hydrogen) atoms. The third kappa shape index (κ3) is 8.01. The lowest BCUT2D eigenvalue weighted by molar-refractivity contribution is -0.0434. The quantitative estimate of drug-likeness (QED) is 0.0940. The predicted octanol–water partition coefficient (Wildman–Crippen LogP) is 2.59. The molecule has 1 unspecified atom stereocenters. The summed E-state index contributed by atoms with van der Waals surface area (Å²) in [5, 5.41) is 49.9. The van der Waals surface area contributed by atoms with Gasteiger partial charge in [-0.1, -0.05) is 65.8 Å². The molecule has 2 amide bonds. The number of benzene rings is 3. The van der Waals surface area contributed by atoms with Gasteiger partial charge in [0.05, 0.1) is 17.8 Å². The van der Waals surface area contributed by atoms with Crippen LogP contribution in [0, 0.1) is 0 Å². The molecule has 296 valence electrons. The topological polar surface area (TPSA) is 256 Å². The smallest absolute Gasteiger partial charge is 0.319 e. The monoisotopic (exact) mass is 796 g/mol. The first kappa shape index (κ1) is 37.9. The first-order valence-electron chi connectivity index (χ1n) is 18.2. The molecule has 2 fully saturated rings. The molecule has 0 saturated carbocycles. The molecule has 8 N–H and O–H groups in total. The van der Waals surface area contributed by atoms with Crippen LogP contribution in [0.1, 0.15) is 47.3 Å². The standard InChI is InChI=1S/C38H40N10O8S/c39-57(53,54)27-13-11-24(12-14-27)42-38(52)43-25-15-16-47(19-25)37-44-34(40-18-28(22-7-3-1-4-8-22)23-9-5-2-6-10-23)30-35(45-37)48(21-41-30)36-32(51)31(50)33(55-36)29-17-26(20-49)46-56-29/h1-14,17,21,25,28,31-33,36,49-51H,15-16,18-20H2,(H2,39,53,54)(H,40,44,45)(H2,42,43,52)/t25?,31-,32+,33+,36+/m0/s1. The summed E-state index contributed by atoms with van der Waals surface area (Å²) in [6.45, 7) is 0.919. The first-order valence-corrected chi connectivity index (χ1v) is 19.7. The zero-order valence-electron chi connectivity index (χ0n) is 30.3. The van der Waals surface area contributed by atoms with E-state index in [0.717, 1.165) is 11.1 Å². The number of nitrogens with two attached hydrogens (primary N) is 1. The van der Waals surface area contributed by atoms with Crippen molar-refractivity contribution in [1.29, 1.82) is 0 Å². The summed E-state index contributed by atoms with van der Waals surface area (Å²) in [6.07, 6.45) is -3.00. The van der Waals surface area contributed by atoms with Gasteiger partial charge in [-0.05, 0) is 41.8 Å². The Labute approximate surface area is 326 Å². The van der Waals surface area contributed by atoms with Crippen molar-refractivity contribution in [3.05, 3.63) is 120 Å². The van der Waals surface area contributed by atoms with Gasteiger partial charge >= 0.3 is 6.03 Å². The maximum atomic E-state index is 12.9. The summed E-state index contributed by atoms with van der Waals surface area (Å²) in [7, 11) is -3.87. The second-order valence-corrected chi connectivity index (χ2v) is 15.4. The Balaban J connectivity index is 1.07. The van der Waals surface area contributed by atoms with E-state index in [1.807, 2.05) is 41.3 Å². The Morgan fingerprint density at radius 2 is 1.67 bits per heavy atom. The van der Waals surface area contributed by atoms with Gasteiger partial charge in [0.1, 0.15) is 24.0 Å². The van der Waals surface area contributed by atoms with Gasteiger partial charge in [-0.15, -0.1) is 0 Å². The number of carbonyl (C=O) groups excluding carboxylic acids is 1. The van der Waals surface area contributed by atoms with Gasteiger partial charge in [0.2, 0.25) is 16.0 Å². The van der Waals surface area contributed by atoms with Crippen LogP contribution in [0.25, 0.3) is 11.2 Å². The molecule has 18 nitrogen and oxygen atoms in total. The number of fused-ring (bicyclic) bond motifs is 1. The van der Waals surface area contributed by atoms with Crippen molar-refractivity contribution >= 4 is 44.7 Å². The third-order valence-corrected chi connectivity index (χ3v) is 11.0. The number of primary sulfonamides is 1. The molecular formula is C38H40N10O8S. The van der Waals surface area contributed by atoms with E-state index in [4.69, 9.17) is 24.4 Å². The van der Waals surface area contributed by atoms with Gasteiger partial charge in [-0.2, -0.15) is 9.97 Å². The summed E-state index contributed by atoms with van der Waals surface area (Å²) in [4.78, 5) is 29.3. The zero-order valence-corrected chi connectivity index (χ0v) is 31.1. The number of hydrogen-bond acceptors (Lipinski definition) is 14. The molecule has 2 saturated heterocycles. The van der Waals surface area contributed by atoms with Crippen molar-refractivity contribution < 1.29 is 37.8 Å². The van der Waals surface area contributed by atoms with Crippen molar-refractivity contribution in [2.45, 2.75) is 54.4 Å². The highest BCUT2D eigenvalue weighted by Gasteiger charge is 2.47. The van der Waals surface area contributed by atoms with Crippen LogP contribution in [0.15, 0.2) is 107 Å². The summed E-state index contributed by atoms with van der Waals surface area (Å²) in [5.41, 5.74) is 3.55. The van der Waals surface area contributed by atoms with E-state index in [1.54, 1.807) is 0 Å². The Morgan fingerprint density at radius 3 is 2.32 bits per heavy atom. The number of imidazole rings is 1. The average molecular weight is 797 g/mol. The number of aliphatic hydroxyl groups is 3. The van der Waals surface area contributed by atoms with Crippen LogP contribution in [0.3, 0.4) is 0 Å². The maximum absolute atomic E-state index is 12.9. The summed E-state index contributed by atoms with van der Waals surface area (Å²) < 4.78 is 36.2. The van der Waals surface area contributed by atoms with Gasteiger partial charge in [-0.25, -0.2) is 23.3 Å². The lowest BCUT2D eigenvalue weighted by atomic mass is 9.91. The van der Waals surface area contributed by atoms with E-state index in [2.05, 4.69) is 50.4 Å². The Bertz CT molecular complexity index is 2410. The molecule has 6 aromatic rings. The molecule has 5 atom stereocenters. The molecule has 19 heteroatoms. The number of ether oxygens (including phenoxy) is 1. The Kier molecular flexibility index (Phi) is 10.6. The van der Waals surface area contributed by atoms with Crippen molar-refractivity contribution in [2.24, 2.45) is 5.14 Å². The fourth-order valence-corrected chi connectivity index (χ4v) is 7.67. The number of hydrogen-bond donors (Lipinski definition) is 7. The van der Waals surface area contributed by atoms with E-state index in [-0.39, 0.29) is 34.9 Å². The molecule has 2 aliphatic heterocycles. The fraction of sp³-hybridized carbons (Fsp3) is 0.289. The van der Waals surface area contributed by atoms with E-state index in [1.165, 1.54) is 41.2 Å². The van der Waals surface area contributed by atoms with Gasteiger partial charge in [0.25, 0.3) is 0 Å². The second kappa shape index (κ2) is 15.9. The number of aromatic nitrogens is 5. The number of sulfonamides is 1. The number of nitrogens with one attached hydrogen (secondary N) is 3. The average Bonchev–Trinajstić information content (AvgIpc) is 4.03. The first-order chi connectivity index (χ1) is 27.6. The minimum absolute atomic E-state index is 0.0562. The predicted molar refractivity (Wildman–Crippen MR) is 206 cm³/mol. The molecule has 3 aromatic carbocycles. The van der Waals surface area contributed by atoms with Crippen molar-refractivity contribution in [2.75, 3.05) is 35.2 Å². The van der Waals surface area contributed by atoms with Crippen LogP contribution in [-0.4, -0.2) is 92.3 Å². The normalized spacial score (nSPS) is 21.0. The lowest BCUT2D eigenvalue weighted by Crippen LogP contribution is -2.40. The van der Waals surface area contributed by atoms with E-state index >= 15 is 0 Å². The Hall–Kier alpha value is -5.96. The number of amides is 2. The number of carbonyl (C=O) groups is 1. The minimum Gasteiger partial charge on any atom is -0.390 e. The number of rotatable bonds is 12. The van der Waals surface area contributed by atoms with E-state index in [9.17, 15) is 28.5 Å². The summed E-state index contributed by atoms with van der Waals surface area (Å²) in [6, 6.07) is 26.4. The van der Waals surface area contributed by atoms with Crippen molar-refractivity contribution in [1.82, 2.24) is 30.0 Å². The maximum Gasteiger partial charge on any atom is 0.319 e. The minimum atomic E-state index is -3.87. The largest absolute Gasteiger partial charge is 0.390 e. The molecule has 0 bridgehead atoms. The fourth-order valence-electron chi connectivity index (χ4n) is 7.16. The molecule has 0 aliphatic carbocycles. The molecule has 2 aliphatic rings. The molecule has 5 heterocycles. The van der Waals surface area contributed by atoms with Crippen molar-refractivity contribution in [3.8, 4) is 0 Å². The van der Waals surface area contributed by atoms with Crippen LogP contribution < -0.4 is 26.0 Å². The van der Waals surface area contributed by atoms with Crippen LogP contribution in [0.2, 0.25) is 0 Å². The molecule has 8 rings (SSSR count). The summed E-state index contributed by atoms with van der Waals surface area (Å²) in [5.74, 6) is 0.844. The summed E-state index contributed by atoms with van der Waals surface area (Å²) >= 11 is 0.